The smallest absolute Gasteiger partial charge is 0.340 e. The van der Waals surface area contributed by atoms with Gasteiger partial charge in [0, 0.05) is 39.6 Å². The van der Waals surface area contributed by atoms with Crippen LogP contribution in [0.5, 0.6) is 0 Å². The van der Waals surface area contributed by atoms with Gasteiger partial charge in [0.05, 0.1) is 6.54 Å². The fourth-order valence-electron chi connectivity index (χ4n) is 3.90. The number of carbonyl (C=O) groups is 1. The third kappa shape index (κ3) is 4.54. The number of hydrogen-bond acceptors (Lipinski definition) is 7. The molecule has 172 valence electrons. The fraction of sp³-hybridized carbons (Fsp3) is 0.391. The maximum atomic E-state index is 13.6. The third-order valence-corrected chi connectivity index (χ3v) is 5.47. The molecule has 3 aromatic rings. The number of rotatable bonds is 6. The fourth-order valence-corrected chi connectivity index (χ4v) is 3.90. The summed E-state index contributed by atoms with van der Waals surface area (Å²) in [6.07, 6.45) is 0.467. The maximum absolute atomic E-state index is 13.6. The van der Waals surface area contributed by atoms with Crippen LogP contribution in [0.2, 0.25) is 0 Å². The molecule has 0 atom stereocenters. The molecule has 0 amide bonds. The molecule has 0 aliphatic carbocycles. The molecule has 10 heteroatoms. The van der Waals surface area contributed by atoms with Crippen molar-refractivity contribution < 1.29 is 9.63 Å². The standard InChI is InChI=1S/C23H26N6O4/c1-3-4-13-27-19-20(25-22(27)26-15-11-24-12-16-26)29(33-17(2)30)23(32)28(21(19)31)14-10-18-8-6-5-7-9-18/h5-9,24H,10-16H2,1-2H3. The lowest BCUT2D eigenvalue weighted by Crippen LogP contribution is -2.45. The van der Waals surface area contributed by atoms with E-state index in [1.807, 2.05) is 35.2 Å². The van der Waals surface area contributed by atoms with Crippen LogP contribution in [0.25, 0.3) is 11.2 Å². The second kappa shape index (κ2) is 9.75. The Balaban J connectivity index is 1.92. The van der Waals surface area contributed by atoms with Crippen LogP contribution in [0.15, 0.2) is 39.9 Å². The molecule has 3 heterocycles. The van der Waals surface area contributed by atoms with E-state index in [0.717, 1.165) is 28.0 Å². The van der Waals surface area contributed by atoms with Gasteiger partial charge >= 0.3 is 11.7 Å². The monoisotopic (exact) mass is 450 g/mol. The summed E-state index contributed by atoms with van der Waals surface area (Å²) in [5, 5.41) is 3.28. The summed E-state index contributed by atoms with van der Waals surface area (Å²) in [6.45, 7) is 6.17. The van der Waals surface area contributed by atoms with E-state index in [-0.39, 0.29) is 24.3 Å². The number of carbonyl (C=O) groups excluding carboxylic acids is 1. The Morgan fingerprint density at radius 3 is 2.55 bits per heavy atom. The number of anilines is 1. The highest BCUT2D eigenvalue weighted by Gasteiger charge is 2.26. The average Bonchev–Trinajstić information content (AvgIpc) is 3.21. The number of aromatic nitrogens is 4. The van der Waals surface area contributed by atoms with Gasteiger partial charge in [-0.15, -0.1) is 5.92 Å². The van der Waals surface area contributed by atoms with Crippen molar-refractivity contribution in [3.8, 4) is 11.8 Å². The molecule has 1 fully saturated rings. The van der Waals surface area contributed by atoms with Crippen LogP contribution in [-0.2, 0) is 24.3 Å². The zero-order chi connectivity index (χ0) is 23.4. The van der Waals surface area contributed by atoms with Crippen molar-refractivity contribution in [1.82, 2.24) is 24.2 Å². The van der Waals surface area contributed by atoms with Crippen molar-refractivity contribution in [3.05, 3.63) is 56.7 Å². The lowest BCUT2D eigenvalue weighted by Gasteiger charge is -2.28. The molecule has 10 nitrogen and oxygen atoms in total. The van der Waals surface area contributed by atoms with Crippen molar-refractivity contribution in [3.63, 3.8) is 0 Å². The van der Waals surface area contributed by atoms with E-state index in [4.69, 9.17) is 4.84 Å². The Hall–Kier alpha value is -3.84. The van der Waals surface area contributed by atoms with Crippen molar-refractivity contribution in [2.45, 2.75) is 33.4 Å². The first-order chi connectivity index (χ1) is 16.0. The largest absolute Gasteiger partial charge is 0.366 e. The molecular formula is C23H26N6O4. The average molecular weight is 450 g/mol. The van der Waals surface area contributed by atoms with E-state index in [1.165, 1.54) is 6.92 Å². The number of nitrogens with zero attached hydrogens (tertiary/aromatic N) is 5. The minimum Gasteiger partial charge on any atom is -0.340 e. The molecule has 0 radical (unpaired) electrons. The van der Waals surface area contributed by atoms with Crippen LogP contribution in [-0.4, -0.2) is 51.0 Å². The summed E-state index contributed by atoms with van der Waals surface area (Å²) < 4.78 is 3.63. The van der Waals surface area contributed by atoms with Gasteiger partial charge in [-0.1, -0.05) is 41.0 Å². The number of benzene rings is 1. The number of aryl methyl sites for hydroxylation is 1. The molecular weight excluding hydrogens is 424 g/mol. The minimum atomic E-state index is -0.739. The molecule has 2 aromatic heterocycles. The Labute approximate surface area is 190 Å². The normalized spacial score (nSPS) is 13.6. The second-order valence-electron chi connectivity index (χ2n) is 7.69. The maximum Gasteiger partial charge on any atom is 0.366 e. The predicted molar refractivity (Wildman–Crippen MR) is 124 cm³/mol. The molecule has 0 spiro atoms. The number of hydrogen-bond donors (Lipinski definition) is 1. The highest BCUT2D eigenvalue weighted by molar-refractivity contribution is 5.76. The summed E-state index contributed by atoms with van der Waals surface area (Å²) in [4.78, 5) is 50.4. The minimum absolute atomic E-state index is 0.0163. The van der Waals surface area contributed by atoms with Gasteiger partial charge in [-0.25, -0.2) is 9.59 Å². The third-order valence-electron chi connectivity index (χ3n) is 5.47. The molecule has 0 bridgehead atoms. The zero-order valence-corrected chi connectivity index (χ0v) is 18.7. The Morgan fingerprint density at radius 2 is 1.88 bits per heavy atom. The lowest BCUT2D eigenvalue weighted by atomic mass is 10.1. The van der Waals surface area contributed by atoms with Gasteiger partial charge in [0.15, 0.2) is 5.52 Å². The van der Waals surface area contributed by atoms with Crippen LogP contribution in [0.1, 0.15) is 19.4 Å². The quantitative estimate of drug-likeness (QED) is 0.528. The highest BCUT2D eigenvalue weighted by Crippen LogP contribution is 2.20. The number of nitrogens with one attached hydrogen (secondary N) is 1. The summed E-state index contributed by atoms with van der Waals surface area (Å²) in [6, 6.07) is 9.56. The van der Waals surface area contributed by atoms with Crippen LogP contribution >= 0.6 is 0 Å². The zero-order valence-electron chi connectivity index (χ0n) is 18.7. The van der Waals surface area contributed by atoms with E-state index >= 15 is 0 Å². The lowest BCUT2D eigenvalue weighted by molar-refractivity contribution is -0.141. The summed E-state index contributed by atoms with van der Waals surface area (Å²) >= 11 is 0. The molecule has 0 unspecified atom stereocenters. The van der Waals surface area contributed by atoms with Gasteiger partial charge in [-0.3, -0.25) is 13.9 Å². The Bertz CT molecular complexity index is 1340. The van der Waals surface area contributed by atoms with E-state index in [1.54, 1.807) is 11.5 Å². The highest BCUT2D eigenvalue weighted by atomic mass is 16.7. The van der Waals surface area contributed by atoms with Gasteiger partial charge in [0.25, 0.3) is 5.56 Å². The van der Waals surface area contributed by atoms with E-state index in [0.29, 0.717) is 25.5 Å². The van der Waals surface area contributed by atoms with Crippen LogP contribution < -0.4 is 26.3 Å². The molecule has 1 aliphatic rings. The van der Waals surface area contributed by atoms with Crippen LogP contribution in [0.3, 0.4) is 0 Å². The van der Waals surface area contributed by atoms with Crippen molar-refractivity contribution >= 4 is 23.1 Å². The summed E-state index contributed by atoms with van der Waals surface area (Å²) in [5.74, 6) is 5.68. The molecule has 1 aliphatic heterocycles. The van der Waals surface area contributed by atoms with E-state index < -0.39 is 17.2 Å². The Kier molecular flexibility index (Phi) is 6.60. The van der Waals surface area contributed by atoms with Gasteiger partial charge < -0.3 is 15.1 Å². The molecule has 0 saturated carbocycles. The van der Waals surface area contributed by atoms with Gasteiger partial charge in [-0.2, -0.15) is 4.98 Å². The summed E-state index contributed by atoms with van der Waals surface area (Å²) in [5.41, 5.74) is -0.0459. The van der Waals surface area contributed by atoms with Gasteiger partial charge in [0.2, 0.25) is 11.6 Å². The molecule has 33 heavy (non-hydrogen) atoms. The predicted octanol–water partition coefficient (Wildman–Crippen LogP) is 0.0104. The first-order valence-corrected chi connectivity index (χ1v) is 10.9. The van der Waals surface area contributed by atoms with E-state index in [2.05, 4.69) is 22.1 Å². The SMILES string of the molecule is CC#CCn1c(N2CCNCC2)nc2c1c(=O)n(CCc1ccccc1)c(=O)n2OC(C)=O. The van der Waals surface area contributed by atoms with Crippen molar-refractivity contribution in [2.75, 3.05) is 31.1 Å². The topological polar surface area (TPSA) is 103 Å². The molecule has 4 rings (SSSR count). The van der Waals surface area contributed by atoms with Crippen LogP contribution in [0, 0.1) is 11.8 Å². The molecule has 1 saturated heterocycles. The molecule has 1 N–H and O–H groups in total. The van der Waals surface area contributed by atoms with Crippen molar-refractivity contribution in [2.24, 2.45) is 0 Å². The Morgan fingerprint density at radius 1 is 1.15 bits per heavy atom. The second-order valence-corrected chi connectivity index (χ2v) is 7.69. The summed E-state index contributed by atoms with van der Waals surface area (Å²) in [7, 11) is 0. The van der Waals surface area contributed by atoms with Crippen molar-refractivity contribution in [1.29, 1.82) is 0 Å². The molecule has 1 aromatic carbocycles. The number of piperazine rings is 1. The van der Waals surface area contributed by atoms with Gasteiger partial charge in [0.1, 0.15) is 0 Å². The number of imidazole rings is 1. The van der Waals surface area contributed by atoms with E-state index in [9.17, 15) is 14.4 Å². The number of fused-ring (bicyclic) bond motifs is 1. The first kappa shape index (κ1) is 22.4. The van der Waals surface area contributed by atoms with Gasteiger partial charge in [-0.05, 0) is 18.9 Å². The van der Waals surface area contributed by atoms with Crippen LogP contribution in [0.4, 0.5) is 5.95 Å². The first-order valence-electron chi connectivity index (χ1n) is 10.9.